The van der Waals surface area contributed by atoms with E-state index < -0.39 is 0 Å². The zero-order valence-electron chi connectivity index (χ0n) is 13.7. The van der Waals surface area contributed by atoms with E-state index in [4.69, 9.17) is 0 Å². The highest BCUT2D eigenvalue weighted by Crippen LogP contribution is 2.30. The number of nitrogens with zero attached hydrogens (tertiary/aromatic N) is 3. The van der Waals surface area contributed by atoms with Gasteiger partial charge in [0.2, 0.25) is 5.91 Å². The fourth-order valence-corrected chi connectivity index (χ4v) is 3.74. The molecule has 5 heteroatoms. The van der Waals surface area contributed by atoms with Gasteiger partial charge in [-0.15, -0.1) is 0 Å². The molecule has 0 unspecified atom stereocenters. The zero-order valence-corrected chi connectivity index (χ0v) is 15.3. The number of carbonyl (C=O) groups is 1. The lowest BCUT2D eigenvalue weighted by atomic mass is 10.1. The molecule has 1 amide bonds. The van der Waals surface area contributed by atoms with Crippen LogP contribution < -0.4 is 0 Å². The van der Waals surface area contributed by atoms with E-state index in [2.05, 4.69) is 45.2 Å². The first-order chi connectivity index (χ1) is 12.2. The zero-order chi connectivity index (χ0) is 17.2. The highest BCUT2D eigenvalue weighted by molar-refractivity contribution is 9.10. The van der Waals surface area contributed by atoms with E-state index in [1.165, 1.54) is 5.56 Å². The SMILES string of the molecule is O=C1Cn2c(Br)nc(-c3ccccc3)c2CN1CCc1ccccc1. The van der Waals surface area contributed by atoms with Crippen LogP contribution in [-0.2, 0) is 24.3 Å². The maximum atomic E-state index is 12.5. The van der Waals surface area contributed by atoms with E-state index in [1.807, 2.05) is 45.9 Å². The smallest absolute Gasteiger partial charge is 0.242 e. The molecule has 0 bridgehead atoms. The maximum Gasteiger partial charge on any atom is 0.242 e. The van der Waals surface area contributed by atoms with Gasteiger partial charge in [0.15, 0.2) is 4.73 Å². The standard InChI is InChI=1S/C20H18BrN3O/c21-20-22-19(16-9-5-2-6-10-16)17-13-23(18(25)14-24(17)20)12-11-15-7-3-1-4-8-15/h1-10H,11-14H2. The lowest BCUT2D eigenvalue weighted by molar-refractivity contribution is -0.134. The predicted octanol–water partition coefficient (Wildman–Crippen LogP) is 3.90. The molecule has 0 aliphatic carbocycles. The third-order valence-electron chi connectivity index (χ3n) is 4.57. The van der Waals surface area contributed by atoms with Gasteiger partial charge in [0.1, 0.15) is 6.54 Å². The van der Waals surface area contributed by atoms with Crippen LogP contribution in [0, 0.1) is 0 Å². The first-order valence-electron chi connectivity index (χ1n) is 8.34. The molecule has 0 fully saturated rings. The van der Waals surface area contributed by atoms with Crippen LogP contribution in [0.25, 0.3) is 11.3 Å². The number of aromatic nitrogens is 2. The number of carbonyl (C=O) groups excluding carboxylic acids is 1. The molecule has 25 heavy (non-hydrogen) atoms. The Labute approximate surface area is 155 Å². The van der Waals surface area contributed by atoms with Gasteiger partial charge in [-0.1, -0.05) is 60.7 Å². The molecular weight excluding hydrogens is 378 g/mol. The number of rotatable bonds is 4. The third-order valence-corrected chi connectivity index (χ3v) is 5.18. The summed E-state index contributed by atoms with van der Waals surface area (Å²) < 4.78 is 2.70. The van der Waals surface area contributed by atoms with Gasteiger partial charge in [-0.3, -0.25) is 4.79 Å². The number of hydrogen-bond acceptors (Lipinski definition) is 2. The Morgan fingerprint density at radius 2 is 1.64 bits per heavy atom. The summed E-state index contributed by atoms with van der Waals surface area (Å²) in [5, 5.41) is 0. The topological polar surface area (TPSA) is 38.1 Å². The van der Waals surface area contributed by atoms with Crippen LogP contribution in [0.3, 0.4) is 0 Å². The minimum atomic E-state index is 0.140. The van der Waals surface area contributed by atoms with Gasteiger partial charge in [-0.2, -0.15) is 0 Å². The summed E-state index contributed by atoms with van der Waals surface area (Å²) in [5.74, 6) is 0.140. The van der Waals surface area contributed by atoms with Gasteiger partial charge >= 0.3 is 0 Å². The molecule has 0 saturated heterocycles. The summed E-state index contributed by atoms with van der Waals surface area (Å²) in [6, 6.07) is 20.4. The Morgan fingerprint density at radius 3 is 2.36 bits per heavy atom. The average Bonchev–Trinajstić information content (AvgIpc) is 2.97. The van der Waals surface area contributed by atoms with Crippen LogP contribution in [0.15, 0.2) is 65.4 Å². The van der Waals surface area contributed by atoms with E-state index in [0.29, 0.717) is 13.1 Å². The van der Waals surface area contributed by atoms with Crippen LogP contribution in [0.2, 0.25) is 0 Å². The molecule has 126 valence electrons. The van der Waals surface area contributed by atoms with Crippen molar-refractivity contribution in [1.82, 2.24) is 14.5 Å². The van der Waals surface area contributed by atoms with Gasteiger partial charge < -0.3 is 9.47 Å². The lowest BCUT2D eigenvalue weighted by Gasteiger charge is -2.29. The molecule has 0 saturated carbocycles. The summed E-state index contributed by atoms with van der Waals surface area (Å²) in [6.45, 7) is 1.65. The largest absolute Gasteiger partial charge is 0.335 e. The molecule has 1 aliphatic heterocycles. The molecule has 1 aromatic heterocycles. The molecule has 2 heterocycles. The minimum absolute atomic E-state index is 0.140. The lowest BCUT2D eigenvalue weighted by Crippen LogP contribution is -2.40. The number of imidazole rings is 1. The van der Waals surface area contributed by atoms with E-state index in [0.717, 1.165) is 34.7 Å². The monoisotopic (exact) mass is 395 g/mol. The summed E-state index contributed by atoms with van der Waals surface area (Å²) >= 11 is 3.50. The molecule has 3 aromatic rings. The molecule has 1 aliphatic rings. The second-order valence-electron chi connectivity index (χ2n) is 6.18. The van der Waals surface area contributed by atoms with Crippen molar-refractivity contribution in [2.75, 3.05) is 6.54 Å². The fraction of sp³-hybridized carbons (Fsp3) is 0.200. The van der Waals surface area contributed by atoms with Crippen molar-refractivity contribution in [3.8, 4) is 11.3 Å². The van der Waals surface area contributed by atoms with E-state index in [9.17, 15) is 4.79 Å². The first-order valence-corrected chi connectivity index (χ1v) is 9.13. The van der Waals surface area contributed by atoms with Gasteiger partial charge in [-0.25, -0.2) is 4.98 Å². The number of fused-ring (bicyclic) bond motifs is 1. The molecule has 0 radical (unpaired) electrons. The fourth-order valence-electron chi connectivity index (χ4n) is 3.22. The van der Waals surface area contributed by atoms with Crippen molar-refractivity contribution in [2.24, 2.45) is 0 Å². The quantitative estimate of drug-likeness (QED) is 0.671. The highest BCUT2D eigenvalue weighted by Gasteiger charge is 2.28. The number of hydrogen-bond donors (Lipinski definition) is 0. The van der Waals surface area contributed by atoms with Crippen LogP contribution in [0.5, 0.6) is 0 Å². The van der Waals surface area contributed by atoms with Crippen LogP contribution in [0.4, 0.5) is 0 Å². The molecular formula is C20H18BrN3O. The van der Waals surface area contributed by atoms with Crippen LogP contribution in [0.1, 0.15) is 11.3 Å². The summed E-state index contributed by atoms with van der Waals surface area (Å²) in [4.78, 5) is 19.1. The summed E-state index contributed by atoms with van der Waals surface area (Å²) in [6.07, 6.45) is 0.864. The van der Waals surface area contributed by atoms with Gasteiger partial charge in [0.25, 0.3) is 0 Å². The Balaban J connectivity index is 1.59. The predicted molar refractivity (Wildman–Crippen MR) is 101 cm³/mol. The number of benzene rings is 2. The molecule has 2 aromatic carbocycles. The molecule has 0 atom stereocenters. The Hall–Kier alpha value is -2.40. The average molecular weight is 396 g/mol. The normalized spacial score (nSPS) is 13.8. The second-order valence-corrected chi connectivity index (χ2v) is 6.89. The number of amides is 1. The van der Waals surface area contributed by atoms with Gasteiger partial charge in [0, 0.05) is 12.1 Å². The van der Waals surface area contributed by atoms with Gasteiger partial charge in [0.05, 0.1) is 17.9 Å². The summed E-state index contributed by atoms with van der Waals surface area (Å²) in [7, 11) is 0. The van der Waals surface area contributed by atoms with E-state index in [-0.39, 0.29) is 5.91 Å². The van der Waals surface area contributed by atoms with Crippen molar-refractivity contribution in [1.29, 1.82) is 0 Å². The molecule has 4 nitrogen and oxygen atoms in total. The first kappa shape index (κ1) is 16.1. The van der Waals surface area contributed by atoms with Crippen molar-refractivity contribution < 1.29 is 4.79 Å². The van der Waals surface area contributed by atoms with Gasteiger partial charge in [-0.05, 0) is 27.9 Å². The van der Waals surface area contributed by atoms with Crippen molar-refractivity contribution in [2.45, 2.75) is 19.5 Å². The van der Waals surface area contributed by atoms with Crippen LogP contribution >= 0.6 is 15.9 Å². The molecule has 4 rings (SSSR count). The third kappa shape index (κ3) is 3.24. The van der Waals surface area contributed by atoms with Crippen molar-refractivity contribution in [3.05, 3.63) is 76.7 Å². The summed E-state index contributed by atoms with van der Waals surface area (Å²) in [5.41, 5.74) is 4.36. The minimum Gasteiger partial charge on any atom is -0.335 e. The highest BCUT2D eigenvalue weighted by atomic mass is 79.9. The van der Waals surface area contributed by atoms with Crippen molar-refractivity contribution in [3.63, 3.8) is 0 Å². The Morgan fingerprint density at radius 1 is 0.960 bits per heavy atom. The second kappa shape index (κ2) is 6.84. The number of halogens is 1. The maximum absolute atomic E-state index is 12.5. The molecule has 0 N–H and O–H groups in total. The Bertz CT molecular complexity index is 890. The van der Waals surface area contributed by atoms with Crippen LogP contribution in [-0.4, -0.2) is 26.9 Å². The van der Waals surface area contributed by atoms with Crippen molar-refractivity contribution >= 4 is 21.8 Å². The van der Waals surface area contributed by atoms with E-state index >= 15 is 0 Å². The van der Waals surface area contributed by atoms with E-state index in [1.54, 1.807) is 0 Å². The Kier molecular flexibility index (Phi) is 4.40. The molecule has 0 spiro atoms.